The van der Waals surface area contributed by atoms with Gasteiger partial charge >= 0.3 is 0 Å². The number of nitrogens with zero attached hydrogens (tertiary/aromatic N) is 1. The minimum atomic E-state index is -0.277. The molecule has 2 N–H and O–H groups in total. The van der Waals surface area contributed by atoms with Crippen LogP contribution in [0, 0.1) is 10.7 Å². The molecule has 0 saturated heterocycles. The number of H-pyrrole nitrogens is 2. The summed E-state index contributed by atoms with van der Waals surface area (Å²) in [6.45, 7) is 0. The van der Waals surface area contributed by atoms with Crippen LogP contribution in [0.1, 0.15) is 0 Å². The fraction of sp³-hybridized carbons (Fsp3) is 0. The lowest BCUT2D eigenvalue weighted by Gasteiger charge is -1.87. The van der Waals surface area contributed by atoms with Gasteiger partial charge in [0.25, 0.3) is 10.7 Å². The summed E-state index contributed by atoms with van der Waals surface area (Å²) in [5, 5.41) is 7.17. The van der Waals surface area contributed by atoms with Crippen LogP contribution in [0.15, 0.2) is 28.7 Å². The molecule has 0 spiro atoms. The van der Waals surface area contributed by atoms with Gasteiger partial charge in [0.05, 0.1) is 0 Å². The molecule has 0 fully saturated rings. The summed E-state index contributed by atoms with van der Waals surface area (Å²) in [5.41, 5.74) is 1.48. The van der Waals surface area contributed by atoms with E-state index >= 15 is 0 Å². The zero-order valence-corrected chi connectivity index (χ0v) is 8.77. The Morgan fingerprint density at radius 3 is 2.94 bits per heavy atom. The van der Waals surface area contributed by atoms with Crippen LogP contribution in [0.2, 0.25) is 0 Å². The van der Waals surface area contributed by atoms with Crippen molar-refractivity contribution >= 4 is 23.1 Å². The fourth-order valence-corrected chi connectivity index (χ4v) is 1.69. The fourth-order valence-electron chi connectivity index (χ4n) is 1.56. The molecule has 2 aromatic heterocycles. The molecule has 3 rings (SSSR count). The van der Waals surface area contributed by atoms with E-state index in [-0.39, 0.29) is 10.7 Å². The Morgan fingerprint density at radius 1 is 1.31 bits per heavy atom. The second-order valence-corrected chi connectivity index (χ2v) is 3.70. The molecule has 0 aliphatic carbocycles. The Kier molecular flexibility index (Phi) is 1.90. The maximum Gasteiger partial charge on any atom is 0.284 e. The van der Waals surface area contributed by atoms with Crippen molar-refractivity contribution in [3.8, 4) is 11.6 Å². The van der Waals surface area contributed by atoms with Gasteiger partial charge in [-0.05, 0) is 36.5 Å². The third-order valence-corrected chi connectivity index (χ3v) is 2.43. The van der Waals surface area contributed by atoms with Crippen LogP contribution in [-0.4, -0.2) is 15.2 Å². The maximum atomic E-state index is 13.0. The summed E-state index contributed by atoms with van der Waals surface area (Å²) >= 11 is 4.78. The van der Waals surface area contributed by atoms with E-state index in [0.717, 1.165) is 10.9 Å². The highest BCUT2D eigenvalue weighted by atomic mass is 32.1. The first kappa shape index (κ1) is 9.29. The van der Waals surface area contributed by atoms with Crippen molar-refractivity contribution in [1.82, 2.24) is 15.2 Å². The summed E-state index contributed by atoms with van der Waals surface area (Å²) in [7, 11) is 0. The lowest BCUT2D eigenvalue weighted by molar-refractivity contribution is 0.550. The van der Waals surface area contributed by atoms with Gasteiger partial charge in [-0.1, -0.05) is 0 Å². The minimum absolute atomic E-state index is 0.208. The highest BCUT2D eigenvalue weighted by molar-refractivity contribution is 7.71. The normalized spacial score (nSPS) is 11.1. The summed E-state index contributed by atoms with van der Waals surface area (Å²) < 4.78 is 18.1. The average Bonchev–Trinajstić information content (AvgIpc) is 2.83. The van der Waals surface area contributed by atoms with Crippen molar-refractivity contribution in [3.05, 3.63) is 34.9 Å². The lowest BCUT2D eigenvalue weighted by atomic mass is 10.2. The zero-order chi connectivity index (χ0) is 11.1. The van der Waals surface area contributed by atoms with Crippen LogP contribution >= 0.6 is 12.2 Å². The van der Waals surface area contributed by atoms with E-state index in [2.05, 4.69) is 15.2 Å². The van der Waals surface area contributed by atoms with Crippen LogP contribution < -0.4 is 0 Å². The van der Waals surface area contributed by atoms with Crippen molar-refractivity contribution in [1.29, 1.82) is 0 Å². The van der Waals surface area contributed by atoms with Crippen LogP contribution in [0.25, 0.3) is 22.5 Å². The van der Waals surface area contributed by atoms with Crippen molar-refractivity contribution in [2.24, 2.45) is 0 Å². The number of hydrogen-bond donors (Lipinski definition) is 2. The number of aromatic nitrogens is 3. The Balaban J connectivity index is 2.22. The largest absolute Gasteiger partial charge is 0.408 e. The van der Waals surface area contributed by atoms with Crippen molar-refractivity contribution in [2.45, 2.75) is 0 Å². The SMILES string of the molecule is Fc1ccc2[nH]c(-c3n[nH]c(=S)o3)cc2c1. The third kappa shape index (κ3) is 1.43. The number of hydrogen-bond acceptors (Lipinski definition) is 3. The van der Waals surface area contributed by atoms with E-state index in [1.807, 2.05) is 0 Å². The van der Waals surface area contributed by atoms with Gasteiger partial charge < -0.3 is 9.40 Å². The predicted octanol–water partition coefficient (Wildman–Crippen LogP) is 3.02. The van der Waals surface area contributed by atoms with Gasteiger partial charge in [0.15, 0.2) is 0 Å². The quantitative estimate of drug-likeness (QED) is 0.637. The van der Waals surface area contributed by atoms with E-state index in [0.29, 0.717) is 11.6 Å². The molecule has 4 nitrogen and oxygen atoms in total. The Labute approximate surface area is 94.1 Å². The van der Waals surface area contributed by atoms with Crippen molar-refractivity contribution in [2.75, 3.05) is 0 Å². The highest BCUT2D eigenvalue weighted by Gasteiger charge is 2.08. The summed E-state index contributed by atoms with van der Waals surface area (Å²) in [4.78, 5) is 3.27. The topological polar surface area (TPSA) is 57.6 Å². The second kappa shape index (κ2) is 3.28. The number of aromatic amines is 2. The molecule has 6 heteroatoms. The molecule has 80 valence electrons. The molecule has 0 amide bonds. The number of nitrogens with one attached hydrogen (secondary N) is 2. The van der Waals surface area contributed by atoms with Crippen LogP contribution in [0.5, 0.6) is 0 Å². The smallest absolute Gasteiger partial charge is 0.284 e. The third-order valence-electron chi connectivity index (χ3n) is 2.25. The first-order valence-electron chi connectivity index (χ1n) is 4.56. The van der Waals surface area contributed by atoms with Gasteiger partial charge in [-0.2, -0.15) is 0 Å². The zero-order valence-electron chi connectivity index (χ0n) is 7.95. The van der Waals surface area contributed by atoms with Gasteiger partial charge in [0.2, 0.25) is 0 Å². The van der Waals surface area contributed by atoms with Gasteiger partial charge in [0.1, 0.15) is 11.5 Å². The molecule has 0 atom stereocenters. The predicted molar refractivity (Wildman–Crippen MR) is 58.9 cm³/mol. The highest BCUT2D eigenvalue weighted by Crippen LogP contribution is 2.23. The van der Waals surface area contributed by atoms with Gasteiger partial charge in [0, 0.05) is 10.9 Å². The number of fused-ring (bicyclic) bond motifs is 1. The number of rotatable bonds is 1. The van der Waals surface area contributed by atoms with E-state index in [4.69, 9.17) is 16.6 Å². The molecule has 0 aliphatic heterocycles. The van der Waals surface area contributed by atoms with Crippen molar-refractivity contribution < 1.29 is 8.81 Å². The Bertz CT molecular complexity index is 712. The molecular formula is C10H6FN3OS. The standard InChI is InChI=1S/C10H6FN3OS/c11-6-1-2-7-5(3-6)4-8(12-7)9-13-14-10(16)15-9/h1-4,12H,(H,14,16). The molecule has 0 radical (unpaired) electrons. The Morgan fingerprint density at radius 2 is 2.19 bits per heavy atom. The van der Waals surface area contributed by atoms with Gasteiger partial charge in [-0.15, -0.1) is 5.10 Å². The maximum absolute atomic E-state index is 13.0. The summed E-state index contributed by atoms with van der Waals surface area (Å²) in [6.07, 6.45) is 0. The molecule has 0 bridgehead atoms. The van der Waals surface area contributed by atoms with Crippen molar-refractivity contribution in [3.63, 3.8) is 0 Å². The van der Waals surface area contributed by atoms with E-state index in [1.54, 1.807) is 12.1 Å². The molecule has 0 aliphatic rings. The molecule has 1 aromatic carbocycles. The van der Waals surface area contributed by atoms with Crippen LogP contribution in [-0.2, 0) is 0 Å². The number of benzene rings is 1. The molecule has 0 unspecified atom stereocenters. The second-order valence-electron chi connectivity index (χ2n) is 3.33. The summed E-state index contributed by atoms with van der Waals surface area (Å²) in [6, 6.07) is 6.25. The molecule has 0 saturated carbocycles. The number of halogens is 1. The van der Waals surface area contributed by atoms with E-state index < -0.39 is 0 Å². The minimum Gasteiger partial charge on any atom is -0.408 e. The average molecular weight is 235 g/mol. The first-order valence-corrected chi connectivity index (χ1v) is 4.97. The Hall–Kier alpha value is -1.95. The van der Waals surface area contributed by atoms with E-state index in [9.17, 15) is 4.39 Å². The summed E-state index contributed by atoms with van der Waals surface area (Å²) in [5.74, 6) is 0.0857. The first-order chi connectivity index (χ1) is 7.72. The molecule has 2 heterocycles. The molecule has 3 aromatic rings. The molecular weight excluding hydrogens is 229 g/mol. The lowest BCUT2D eigenvalue weighted by Crippen LogP contribution is -1.76. The van der Waals surface area contributed by atoms with E-state index in [1.165, 1.54) is 12.1 Å². The van der Waals surface area contributed by atoms with Crippen LogP contribution in [0.3, 0.4) is 0 Å². The molecule has 16 heavy (non-hydrogen) atoms. The van der Waals surface area contributed by atoms with Crippen LogP contribution in [0.4, 0.5) is 4.39 Å². The van der Waals surface area contributed by atoms with Gasteiger partial charge in [-0.25, -0.2) is 9.49 Å². The van der Waals surface area contributed by atoms with Gasteiger partial charge in [-0.3, -0.25) is 0 Å². The monoisotopic (exact) mass is 235 g/mol.